The summed E-state index contributed by atoms with van der Waals surface area (Å²) in [5.74, 6) is 1.88. The molecule has 0 bridgehead atoms. The molecule has 31 heavy (non-hydrogen) atoms. The molecule has 1 saturated heterocycles. The van der Waals surface area contributed by atoms with E-state index in [4.69, 9.17) is 9.73 Å². The van der Waals surface area contributed by atoms with Crippen LogP contribution in [0.25, 0.3) is 11.1 Å². The van der Waals surface area contributed by atoms with Gasteiger partial charge in [0.25, 0.3) is 0 Å². The first-order valence-electron chi connectivity index (χ1n) is 10.8. The average molecular weight is 426 g/mol. The molecule has 2 aliphatic heterocycles. The van der Waals surface area contributed by atoms with Crippen LogP contribution in [-0.4, -0.2) is 57.5 Å². The molecule has 1 fully saturated rings. The molecule has 0 unspecified atom stereocenters. The highest BCUT2D eigenvalue weighted by molar-refractivity contribution is 6.04. The van der Waals surface area contributed by atoms with Gasteiger partial charge in [-0.2, -0.15) is 5.10 Å². The van der Waals surface area contributed by atoms with Gasteiger partial charge in [-0.25, -0.2) is 9.79 Å². The minimum atomic E-state index is -0.694. The summed E-state index contributed by atoms with van der Waals surface area (Å²) in [6.45, 7) is 8.05. The molecule has 2 aliphatic rings. The van der Waals surface area contributed by atoms with Crippen molar-refractivity contribution in [1.82, 2.24) is 20.0 Å². The normalized spacial score (nSPS) is 17.5. The number of fused-ring (bicyclic) bond motifs is 1. The Morgan fingerprint density at radius 2 is 2.06 bits per heavy atom. The summed E-state index contributed by atoms with van der Waals surface area (Å²) >= 11 is 0. The second-order valence-electron chi connectivity index (χ2n) is 9.14. The zero-order valence-electron chi connectivity index (χ0n) is 18.7. The van der Waals surface area contributed by atoms with Crippen molar-refractivity contribution in [2.24, 2.45) is 10.9 Å². The first-order chi connectivity index (χ1) is 14.8. The maximum absolute atomic E-state index is 12.7. The van der Waals surface area contributed by atoms with Gasteiger partial charge in [0.1, 0.15) is 11.6 Å². The van der Waals surface area contributed by atoms with Crippen LogP contribution < -0.4 is 10.1 Å². The Bertz CT molecular complexity index is 999. The van der Waals surface area contributed by atoms with Crippen LogP contribution in [0.5, 0.6) is 5.75 Å². The summed E-state index contributed by atoms with van der Waals surface area (Å²) in [5.41, 5.74) is 3.06. The van der Waals surface area contributed by atoms with Crippen molar-refractivity contribution in [2.75, 3.05) is 20.2 Å². The number of methoxy groups -OCH3 is 1. The number of rotatable bonds is 4. The minimum absolute atomic E-state index is 0.174. The van der Waals surface area contributed by atoms with E-state index < -0.39 is 5.60 Å². The van der Waals surface area contributed by atoms with Gasteiger partial charge in [0, 0.05) is 48.9 Å². The topological polar surface area (TPSA) is 92.0 Å². The smallest absolute Gasteiger partial charge is 0.322 e. The Kier molecular flexibility index (Phi) is 5.75. The fourth-order valence-corrected chi connectivity index (χ4v) is 4.13. The molecule has 3 heterocycles. The number of aliphatic hydroxyl groups is 1. The summed E-state index contributed by atoms with van der Waals surface area (Å²) in [5, 5.41) is 17.6. The maximum atomic E-state index is 12.7. The SMILES string of the molecule is COc1ccc(-c2cnn(CC(C)C)c2)c2c1CC(NC(=O)N1CCC(C)(O)CC1)=N2. The van der Waals surface area contributed by atoms with E-state index in [0.29, 0.717) is 44.1 Å². The van der Waals surface area contributed by atoms with Gasteiger partial charge in [-0.3, -0.25) is 10.00 Å². The number of nitrogens with one attached hydrogen (secondary N) is 1. The van der Waals surface area contributed by atoms with Gasteiger partial charge in [0.2, 0.25) is 0 Å². The number of aliphatic imine (C=N–C) groups is 1. The van der Waals surface area contributed by atoms with Crippen molar-refractivity contribution in [3.8, 4) is 16.9 Å². The lowest BCUT2D eigenvalue weighted by molar-refractivity contribution is 0.00483. The van der Waals surface area contributed by atoms with Gasteiger partial charge >= 0.3 is 6.03 Å². The van der Waals surface area contributed by atoms with Crippen LogP contribution in [-0.2, 0) is 13.0 Å². The number of piperidine rings is 1. The lowest BCUT2D eigenvalue weighted by Crippen LogP contribution is -2.50. The number of aromatic nitrogens is 2. The number of amides is 2. The number of urea groups is 1. The Hall–Kier alpha value is -2.87. The van der Waals surface area contributed by atoms with Crippen molar-refractivity contribution in [3.63, 3.8) is 0 Å². The molecule has 2 N–H and O–H groups in total. The van der Waals surface area contributed by atoms with E-state index in [-0.39, 0.29) is 6.03 Å². The van der Waals surface area contributed by atoms with Gasteiger partial charge in [0.15, 0.2) is 0 Å². The Morgan fingerprint density at radius 1 is 1.32 bits per heavy atom. The zero-order valence-corrected chi connectivity index (χ0v) is 18.7. The summed E-state index contributed by atoms with van der Waals surface area (Å²) in [4.78, 5) is 19.2. The van der Waals surface area contributed by atoms with Crippen molar-refractivity contribution < 1.29 is 14.6 Å². The van der Waals surface area contributed by atoms with Crippen LogP contribution in [0, 0.1) is 5.92 Å². The molecule has 4 rings (SSSR count). The quantitative estimate of drug-likeness (QED) is 0.786. The molecule has 2 amide bonds. The molecule has 0 radical (unpaired) electrons. The van der Waals surface area contributed by atoms with Gasteiger partial charge < -0.3 is 14.7 Å². The van der Waals surface area contributed by atoms with Crippen molar-refractivity contribution in [3.05, 3.63) is 30.1 Å². The zero-order chi connectivity index (χ0) is 22.2. The van der Waals surface area contributed by atoms with Crippen LogP contribution in [0.3, 0.4) is 0 Å². The molecule has 0 aliphatic carbocycles. The van der Waals surface area contributed by atoms with Crippen molar-refractivity contribution >= 4 is 17.6 Å². The van der Waals surface area contributed by atoms with Gasteiger partial charge in [0.05, 0.1) is 24.6 Å². The summed E-state index contributed by atoms with van der Waals surface area (Å²) < 4.78 is 7.50. The number of ether oxygens (including phenoxy) is 1. The predicted molar refractivity (Wildman–Crippen MR) is 120 cm³/mol. The average Bonchev–Trinajstić information content (AvgIpc) is 3.33. The van der Waals surface area contributed by atoms with E-state index in [1.54, 1.807) is 12.0 Å². The summed E-state index contributed by atoms with van der Waals surface area (Å²) in [6, 6.07) is 3.77. The molecule has 1 aromatic heterocycles. The number of carbonyl (C=O) groups excluding carboxylic acids is 1. The van der Waals surface area contributed by atoms with E-state index in [0.717, 1.165) is 34.7 Å². The summed E-state index contributed by atoms with van der Waals surface area (Å²) in [7, 11) is 1.64. The Morgan fingerprint density at radius 3 is 2.74 bits per heavy atom. The maximum Gasteiger partial charge on any atom is 0.322 e. The lowest BCUT2D eigenvalue weighted by atomic mass is 9.94. The molecule has 0 saturated carbocycles. The van der Waals surface area contributed by atoms with Crippen LogP contribution in [0.1, 0.15) is 39.2 Å². The first-order valence-corrected chi connectivity index (χ1v) is 10.8. The number of benzene rings is 1. The van der Waals surface area contributed by atoms with Crippen molar-refractivity contribution in [1.29, 1.82) is 0 Å². The third kappa shape index (κ3) is 4.58. The number of nitrogens with zero attached hydrogens (tertiary/aromatic N) is 4. The van der Waals surface area contributed by atoms with E-state index in [1.807, 2.05) is 36.1 Å². The second-order valence-corrected chi connectivity index (χ2v) is 9.14. The molecule has 0 atom stereocenters. The monoisotopic (exact) mass is 425 g/mol. The van der Waals surface area contributed by atoms with E-state index >= 15 is 0 Å². The summed E-state index contributed by atoms with van der Waals surface area (Å²) in [6.07, 6.45) is 5.55. The number of likely N-dealkylation sites (tertiary alicyclic amines) is 1. The number of amidine groups is 1. The molecule has 8 nitrogen and oxygen atoms in total. The van der Waals surface area contributed by atoms with Gasteiger partial charge in [-0.1, -0.05) is 13.8 Å². The van der Waals surface area contributed by atoms with E-state index in [9.17, 15) is 9.90 Å². The highest BCUT2D eigenvalue weighted by Gasteiger charge is 2.31. The van der Waals surface area contributed by atoms with Crippen LogP contribution in [0.2, 0.25) is 0 Å². The Labute approximate surface area is 182 Å². The molecule has 8 heteroatoms. The van der Waals surface area contributed by atoms with Gasteiger partial charge in [-0.15, -0.1) is 0 Å². The third-order valence-corrected chi connectivity index (χ3v) is 5.93. The molecule has 2 aromatic rings. The predicted octanol–water partition coefficient (Wildman–Crippen LogP) is 3.36. The van der Waals surface area contributed by atoms with Crippen LogP contribution in [0.4, 0.5) is 10.5 Å². The second kappa shape index (κ2) is 8.34. The minimum Gasteiger partial charge on any atom is -0.496 e. The number of hydrogen-bond donors (Lipinski definition) is 2. The lowest BCUT2D eigenvalue weighted by Gasteiger charge is -2.35. The van der Waals surface area contributed by atoms with E-state index in [2.05, 4.69) is 24.3 Å². The molecule has 166 valence electrons. The molecular formula is C23H31N5O3. The number of hydrogen-bond acceptors (Lipinski definition) is 5. The molecular weight excluding hydrogens is 394 g/mol. The highest BCUT2D eigenvalue weighted by Crippen LogP contribution is 2.42. The fourth-order valence-electron chi connectivity index (χ4n) is 4.13. The van der Waals surface area contributed by atoms with Crippen molar-refractivity contribution in [2.45, 2.75) is 52.2 Å². The standard InChI is InChI=1S/C23H31N5O3/c1-15(2)13-28-14-16(12-24-28)17-5-6-19(31-4)18-11-20(25-21(17)18)26-22(29)27-9-7-23(3,30)8-10-27/h5-6,12,14-15,30H,7-11,13H2,1-4H3,(H,25,26,29). The van der Waals surface area contributed by atoms with Gasteiger partial charge in [-0.05, 0) is 37.8 Å². The largest absolute Gasteiger partial charge is 0.496 e. The molecule has 0 spiro atoms. The Balaban J connectivity index is 1.55. The first kappa shape index (κ1) is 21.4. The molecule has 1 aromatic carbocycles. The third-order valence-electron chi connectivity index (χ3n) is 5.93. The number of carbonyl (C=O) groups is 1. The highest BCUT2D eigenvalue weighted by atomic mass is 16.5. The van der Waals surface area contributed by atoms with Crippen LogP contribution >= 0.6 is 0 Å². The van der Waals surface area contributed by atoms with Crippen LogP contribution in [0.15, 0.2) is 29.5 Å². The van der Waals surface area contributed by atoms with E-state index in [1.165, 1.54) is 0 Å². The fraction of sp³-hybridized carbons (Fsp3) is 0.522.